The summed E-state index contributed by atoms with van der Waals surface area (Å²) in [5.41, 5.74) is -0.431. The van der Waals surface area contributed by atoms with Crippen molar-refractivity contribution in [3.05, 3.63) is 11.7 Å². The topological polar surface area (TPSA) is 68.0 Å². The van der Waals surface area contributed by atoms with E-state index in [9.17, 15) is 4.79 Å². The highest BCUT2D eigenvalue weighted by Crippen LogP contribution is 2.37. The van der Waals surface area contributed by atoms with Crippen LogP contribution in [0.4, 0.5) is 0 Å². The number of hydrogen-bond acceptors (Lipinski definition) is 4. The number of aromatic nitrogens is 2. The van der Waals surface area contributed by atoms with Crippen molar-refractivity contribution < 1.29 is 9.32 Å². The quantitative estimate of drug-likeness (QED) is 0.928. The molecular formula is C17H27N3O2. The highest BCUT2D eigenvalue weighted by atomic mass is 16.5. The predicted molar refractivity (Wildman–Crippen MR) is 83.1 cm³/mol. The monoisotopic (exact) mass is 305 g/mol. The Hall–Kier alpha value is -1.39. The van der Waals surface area contributed by atoms with E-state index in [1.165, 1.54) is 6.42 Å². The van der Waals surface area contributed by atoms with Gasteiger partial charge in [0, 0.05) is 5.92 Å². The number of nitrogens with zero attached hydrogens (tertiary/aromatic N) is 2. The van der Waals surface area contributed by atoms with Crippen LogP contribution in [0.5, 0.6) is 0 Å². The van der Waals surface area contributed by atoms with Gasteiger partial charge < -0.3 is 9.84 Å². The summed E-state index contributed by atoms with van der Waals surface area (Å²) in [5, 5.41) is 7.24. The molecule has 3 rings (SSSR count). The van der Waals surface area contributed by atoms with Crippen LogP contribution in [0, 0.1) is 18.8 Å². The minimum absolute atomic E-state index is 0.152. The first kappa shape index (κ1) is 15.5. The van der Waals surface area contributed by atoms with Crippen LogP contribution in [0.25, 0.3) is 0 Å². The first-order valence-corrected chi connectivity index (χ1v) is 8.72. The maximum atomic E-state index is 12.8. The van der Waals surface area contributed by atoms with Crippen LogP contribution >= 0.6 is 0 Å². The van der Waals surface area contributed by atoms with Crippen molar-refractivity contribution in [1.29, 1.82) is 0 Å². The Morgan fingerprint density at radius 3 is 2.45 bits per heavy atom. The van der Waals surface area contributed by atoms with E-state index >= 15 is 0 Å². The summed E-state index contributed by atoms with van der Waals surface area (Å²) in [7, 11) is 0. The fourth-order valence-electron chi connectivity index (χ4n) is 3.90. The molecule has 0 radical (unpaired) electrons. The fourth-order valence-corrected chi connectivity index (χ4v) is 3.90. The molecule has 1 aromatic heterocycles. The zero-order valence-electron chi connectivity index (χ0n) is 13.7. The number of carbonyl (C=O) groups excluding carboxylic acids is 1. The van der Waals surface area contributed by atoms with Gasteiger partial charge in [0.2, 0.25) is 5.91 Å². The van der Waals surface area contributed by atoms with Crippen molar-refractivity contribution in [2.24, 2.45) is 11.8 Å². The predicted octanol–water partition coefficient (Wildman–Crippen LogP) is 3.48. The Bertz CT molecular complexity index is 512. The molecule has 2 aliphatic rings. The molecular weight excluding hydrogens is 278 g/mol. The van der Waals surface area contributed by atoms with Crippen LogP contribution in [-0.2, 0) is 10.3 Å². The van der Waals surface area contributed by atoms with Crippen molar-refractivity contribution in [3.8, 4) is 0 Å². The van der Waals surface area contributed by atoms with E-state index in [1.807, 2.05) is 6.92 Å². The van der Waals surface area contributed by atoms with Crippen LogP contribution in [0.15, 0.2) is 4.52 Å². The highest BCUT2D eigenvalue weighted by Gasteiger charge is 2.41. The fraction of sp³-hybridized carbons (Fsp3) is 0.824. The second-order valence-electron chi connectivity index (χ2n) is 7.24. The first-order valence-electron chi connectivity index (χ1n) is 8.72. The molecule has 0 unspecified atom stereocenters. The van der Waals surface area contributed by atoms with Crippen molar-refractivity contribution in [2.45, 2.75) is 77.2 Å². The molecule has 22 heavy (non-hydrogen) atoms. The molecule has 0 aliphatic heterocycles. The second-order valence-corrected chi connectivity index (χ2v) is 7.24. The van der Waals surface area contributed by atoms with Gasteiger partial charge in [-0.2, -0.15) is 4.98 Å². The van der Waals surface area contributed by atoms with Gasteiger partial charge in [-0.25, -0.2) is 0 Å². The number of nitrogens with one attached hydrogen (secondary N) is 1. The minimum atomic E-state index is -0.431. The lowest BCUT2D eigenvalue weighted by atomic mass is 9.79. The van der Waals surface area contributed by atoms with Gasteiger partial charge in [-0.1, -0.05) is 31.3 Å². The summed E-state index contributed by atoms with van der Waals surface area (Å²) in [5.74, 6) is 2.33. The third-order valence-corrected chi connectivity index (χ3v) is 5.39. The summed E-state index contributed by atoms with van der Waals surface area (Å²) in [6.07, 6.45) is 9.55. The van der Waals surface area contributed by atoms with Gasteiger partial charge in [0.15, 0.2) is 5.82 Å². The first-order chi connectivity index (χ1) is 10.6. The summed E-state index contributed by atoms with van der Waals surface area (Å²) in [6, 6.07) is 0. The number of hydrogen-bond donors (Lipinski definition) is 1. The molecule has 0 spiro atoms. The van der Waals surface area contributed by atoms with Crippen LogP contribution in [0.1, 0.15) is 76.4 Å². The Balaban J connectivity index is 1.74. The highest BCUT2D eigenvalue weighted by molar-refractivity contribution is 5.79. The molecule has 1 N–H and O–H groups in total. The van der Waals surface area contributed by atoms with Crippen molar-refractivity contribution >= 4 is 5.91 Å². The zero-order valence-corrected chi connectivity index (χ0v) is 13.7. The van der Waals surface area contributed by atoms with Gasteiger partial charge in [-0.15, -0.1) is 0 Å². The Morgan fingerprint density at radius 2 is 1.86 bits per heavy atom. The number of aryl methyl sites for hydroxylation is 1. The van der Waals surface area contributed by atoms with Crippen LogP contribution in [-0.4, -0.2) is 16.0 Å². The molecule has 0 saturated heterocycles. The summed E-state index contributed by atoms with van der Waals surface area (Å²) in [6.45, 7) is 4.10. The molecule has 122 valence electrons. The standard InChI is InChI=1S/C17H27N3O2/c1-12-6-8-14(9-7-12)15(21)19-17(10-4-3-5-11-17)16-18-13(2)20-22-16/h12,14H,3-11H2,1-2H3,(H,19,21). The minimum Gasteiger partial charge on any atom is -0.341 e. The summed E-state index contributed by atoms with van der Waals surface area (Å²) in [4.78, 5) is 17.2. The molecule has 0 aromatic carbocycles. The van der Waals surface area contributed by atoms with Gasteiger partial charge in [-0.05, 0) is 51.4 Å². The number of carbonyl (C=O) groups is 1. The van der Waals surface area contributed by atoms with Gasteiger partial charge in [-0.3, -0.25) is 4.79 Å². The summed E-state index contributed by atoms with van der Waals surface area (Å²) < 4.78 is 5.44. The lowest BCUT2D eigenvalue weighted by molar-refractivity contribution is -0.129. The van der Waals surface area contributed by atoms with E-state index in [0.29, 0.717) is 11.7 Å². The SMILES string of the molecule is Cc1noc(C2(NC(=O)C3CCC(C)CC3)CCCCC2)n1. The van der Waals surface area contributed by atoms with Gasteiger partial charge >= 0.3 is 0 Å². The van der Waals surface area contributed by atoms with E-state index in [1.54, 1.807) is 0 Å². The molecule has 5 heteroatoms. The molecule has 1 amide bonds. The Labute approximate surface area is 132 Å². The molecule has 1 aromatic rings. The third-order valence-electron chi connectivity index (χ3n) is 5.39. The average molecular weight is 305 g/mol. The second kappa shape index (κ2) is 6.39. The van der Waals surface area contributed by atoms with Gasteiger partial charge in [0.25, 0.3) is 5.89 Å². The Morgan fingerprint density at radius 1 is 1.18 bits per heavy atom. The molecule has 0 bridgehead atoms. The van der Waals surface area contributed by atoms with Crippen LogP contribution < -0.4 is 5.32 Å². The van der Waals surface area contributed by atoms with Gasteiger partial charge in [0.05, 0.1) is 0 Å². The molecule has 1 heterocycles. The van der Waals surface area contributed by atoms with Crippen LogP contribution in [0.2, 0.25) is 0 Å². The maximum absolute atomic E-state index is 12.8. The van der Waals surface area contributed by atoms with E-state index in [0.717, 1.165) is 57.3 Å². The molecule has 5 nitrogen and oxygen atoms in total. The number of rotatable bonds is 3. The lowest BCUT2D eigenvalue weighted by Crippen LogP contribution is -2.50. The number of amides is 1. The van der Waals surface area contributed by atoms with Crippen molar-refractivity contribution in [1.82, 2.24) is 15.5 Å². The van der Waals surface area contributed by atoms with E-state index in [4.69, 9.17) is 4.52 Å². The summed E-state index contributed by atoms with van der Waals surface area (Å²) >= 11 is 0. The van der Waals surface area contributed by atoms with Crippen molar-refractivity contribution in [3.63, 3.8) is 0 Å². The normalized spacial score (nSPS) is 28.3. The van der Waals surface area contributed by atoms with Crippen LogP contribution in [0.3, 0.4) is 0 Å². The molecule has 2 saturated carbocycles. The molecule has 0 atom stereocenters. The Kier molecular flexibility index (Phi) is 4.50. The molecule has 2 aliphatic carbocycles. The van der Waals surface area contributed by atoms with E-state index in [2.05, 4.69) is 22.4 Å². The smallest absolute Gasteiger partial charge is 0.252 e. The van der Waals surface area contributed by atoms with Crippen molar-refractivity contribution in [2.75, 3.05) is 0 Å². The largest absolute Gasteiger partial charge is 0.341 e. The maximum Gasteiger partial charge on any atom is 0.252 e. The lowest BCUT2D eigenvalue weighted by Gasteiger charge is -2.36. The average Bonchev–Trinajstić information content (AvgIpc) is 2.96. The third kappa shape index (κ3) is 3.18. The van der Waals surface area contributed by atoms with Gasteiger partial charge in [0.1, 0.15) is 5.54 Å². The zero-order chi connectivity index (χ0) is 15.6. The van der Waals surface area contributed by atoms with E-state index in [-0.39, 0.29) is 11.8 Å². The molecule has 2 fully saturated rings. The van der Waals surface area contributed by atoms with E-state index < -0.39 is 5.54 Å².